The number of nitrogens with one attached hydrogen (secondary N) is 1. The molecule has 0 spiro atoms. The predicted octanol–water partition coefficient (Wildman–Crippen LogP) is 2.62. The highest BCUT2D eigenvalue weighted by Crippen LogP contribution is 2.27. The summed E-state index contributed by atoms with van der Waals surface area (Å²) in [5, 5.41) is 2.64. The summed E-state index contributed by atoms with van der Waals surface area (Å²) in [7, 11) is -3.75. The maximum Gasteiger partial charge on any atom is 0.309 e. The fourth-order valence-electron chi connectivity index (χ4n) is 2.99. The second-order valence-electron chi connectivity index (χ2n) is 7.28. The van der Waals surface area contributed by atoms with Crippen molar-refractivity contribution in [3.63, 3.8) is 0 Å². The molecule has 0 atom stereocenters. The van der Waals surface area contributed by atoms with Crippen LogP contribution in [-0.4, -0.2) is 64.1 Å². The molecule has 11 heteroatoms. The molecule has 178 valence electrons. The molecule has 33 heavy (non-hydrogen) atoms. The van der Waals surface area contributed by atoms with E-state index in [0.29, 0.717) is 19.0 Å². The summed E-state index contributed by atoms with van der Waals surface area (Å²) >= 11 is 6.11. The number of nitrogens with zero attached hydrogens (tertiary/aromatic N) is 1. The summed E-state index contributed by atoms with van der Waals surface area (Å²) in [5.41, 5.74) is 1.20. The Bertz CT molecular complexity index is 1080. The Hall–Kier alpha value is -2.66. The summed E-state index contributed by atoms with van der Waals surface area (Å²) < 4.78 is 42.5. The summed E-state index contributed by atoms with van der Waals surface area (Å²) in [6.07, 6.45) is -0.0325. The van der Waals surface area contributed by atoms with E-state index in [0.717, 1.165) is 5.56 Å². The van der Waals surface area contributed by atoms with Gasteiger partial charge >= 0.3 is 5.97 Å². The quantitative estimate of drug-likeness (QED) is 0.531. The van der Waals surface area contributed by atoms with Gasteiger partial charge in [0, 0.05) is 13.1 Å². The molecular weight excluding hydrogens is 472 g/mol. The number of aryl methyl sites for hydroxylation is 1. The maximum atomic E-state index is 12.8. The van der Waals surface area contributed by atoms with Gasteiger partial charge < -0.3 is 19.5 Å². The highest BCUT2D eigenvalue weighted by Gasteiger charge is 2.27. The predicted molar refractivity (Wildman–Crippen MR) is 122 cm³/mol. The second-order valence-corrected chi connectivity index (χ2v) is 9.62. The fraction of sp³-hybridized carbons (Fsp3) is 0.364. The van der Waals surface area contributed by atoms with E-state index in [9.17, 15) is 18.0 Å². The molecule has 1 saturated heterocycles. The van der Waals surface area contributed by atoms with E-state index >= 15 is 0 Å². The highest BCUT2D eigenvalue weighted by molar-refractivity contribution is 7.89. The molecule has 1 aliphatic heterocycles. The van der Waals surface area contributed by atoms with E-state index in [1.807, 2.05) is 19.1 Å². The van der Waals surface area contributed by atoms with Gasteiger partial charge in [-0.1, -0.05) is 29.3 Å². The van der Waals surface area contributed by atoms with E-state index in [1.54, 1.807) is 12.1 Å². The number of hydrogen-bond acceptors (Lipinski definition) is 7. The van der Waals surface area contributed by atoms with Crippen LogP contribution in [0.3, 0.4) is 0 Å². The molecule has 0 aliphatic carbocycles. The molecule has 9 nitrogen and oxygen atoms in total. The van der Waals surface area contributed by atoms with Crippen LogP contribution < -0.4 is 10.1 Å². The number of benzene rings is 2. The van der Waals surface area contributed by atoms with Crippen molar-refractivity contribution in [3.05, 3.63) is 53.1 Å². The molecule has 1 heterocycles. The van der Waals surface area contributed by atoms with Crippen LogP contribution in [0, 0.1) is 6.92 Å². The van der Waals surface area contributed by atoms with Crippen molar-refractivity contribution in [3.8, 4) is 5.75 Å². The number of anilines is 1. The van der Waals surface area contributed by atoms with E-state index in [2.05, 4.69) is 5.32 Å². The average Bonchev–Trinajstić information content (AvgIpc) is 2.81. The molecule has 0 radical (unpaired) electrons. The zero-order valence-corrected chi connectivity index (χ0v) is 19.7. The molecule has 0 unspecified atom stereocenters. The van der Waals surface area contributed by atoms with Gasteiger partial charge in [-0.15, -0.1) is 0 Å². The lowest BCUT2D eigenvalue weighted by atomic mass is 10.2. The molecule has 2 aromatic carbocycles. The molecule has 0 saturated carbocycles. The molecule has 1 aliphatic rings. The molecule has 1 N–H and O–H groups in total. The molecule has 2 aromatic rings. The minimum absolute atomic E-state index is 0.00523. The number of morpholine rings is 1. The first-order chi connectivity index (χ1) is 15.8. The number of carbonyl (C=O) groups excluding carboxylic acids is 2. The van der Waals surface area contributed by atoms with E-state index in [1.165, 1.54) is 22.5 Å². The van der Waals surface area contributed by atoms with Gasteiger partial charge in [0.2, 0.25) is 10.0 Å². The minimum Gasteiger partial charge on any atom is -0.493 e. The second kappa shape index (κ2) is 11.5. The first-order valence-electron chi connectivity index (χ1n) is 10.3. The third-order valence-electron chi connectivity index (χ3n) is 4.78. The lowest BCUT2D eigenvalue weighted by Gasteiger charge is -2.26. The first-order valence-corrected chi connectivity index (χ1v) is 12.1. The molecular formula is C22H25ClN2O7S. The van der Waals surface area contributed by atoms with Crippen molar-refractivity contribution in [2.45, 2.75) is 18.2 Å². The van der Waals surface area contributed by atoms with Crippen molar-refractivity contribution >= 4 is 39.2 Å². The molecule has 3 rings (SSSR count). The van der Waals surface area contributed by atoms with Crippen LogP contribution in [0.25, 0.3) is 0 Å². The number of carbonyl (C=O) groups is 2. The topological polar surface area (TPSA) is 111 Å². The normalized spacial score (nSPS) is 14.5. The molecule has 0 aromatic heterocycles. The third-order valence-corrected chi connectivity index (χ3v) is 7.00. The Morgan fingerprint density at radius 3 is 2.52 bits per heavy atom. The van der Waals surface area contributed by atoms with Gasteiger partial charge in [-0.25, -0.2) is 8.42 Å². The van der Waals surface area contributed by atoms with Crippen LogP contribution in [0.4, 0.5) is 5.69 Å². The Kier molecular flexibility index (Phi) is 8.67. The summed E-state index contributed by atoms with van der Waals surface area (Å²) in [6, 6.07) is 11.4. The van der Waals surface area contributed by atoms with Gasteiger partial charge in [0.15, 0.2) is 6.61 Å². The van der Waals surface area contributed by atoms with Crippen molar-refractivity contribution in [1.82, 2.24) is 4.31 Å². The van der Waals surface area contributed by atoms with Crippen LogP contribution in [0.1, 0.15) is 12.0 Å². The van der Waals surface area contributed by atoms with Gasteiger partial charge in [0.05, 0.1) is 41.8 Å². The number of esters is 1. The molecule has 1 amide bonds. The number of hydrogen-bond donors (Lipinski definition) is 1. The minimum atomic E-state index is -3.75. The average molecular weight is 497 g/mol. The number of ether oxygens (including phenoxy) is 3. The molecule has 1 fully saturated rings. The van der Waals surface area contributed by atoms with Crippen molar-refractivity contribution in [1.29, 1.82) is 0 Å². The van der Waals surface area contributed by atoms with Crippen LogP contribution in [0.5, 0.6) is 5.75 Å². The Morgan fingerprint density at radius 2 is 1.82 bits per heavy atom. The smallest absolute Gasteiger partial charge is 0.309 e. The lowest BCUT2D eigenvalue weighted by Crippen LogP contribution is -2.40. The summed E-state index contributed by atoms with van der Waals surface area (Å²) in [6.45, 7) is 2.65. The zero-order chi connectivity index (χ0) is 23.8. The number of halogens is 1. The van der Waals surface area contributed by atoms with Gasteiger partial charge in [-0.05, 0) is 37.3 Å². The Morgan fingerprint density at radius 1 is 1.12 bits per heavy atom. The van der Waals surface area contributed by atoms with Crippen molar-refractivity contribution in [2.75, 3.05) is 44.8 Å². The summed E-state index contributed by atoms with van der Waals surface area (Å²) in [5.74, 6) is -0.620. The fourth-order valence-corrected chi connectivity index (χ4v) is 4.59. The van der Waals surface area contributed by atoms with Crippen LogP contribution in [0.2, 0.25) is 5.02 Å². The number of amides is 1. The molecule has 0 bridgehead atoms. The lowest BCUT2D eigenvalue weighted by molar-refractivity contribution is -0.147. The standard InChI is InChI=1S/C22H25ClN2O7S/c1-16-2-4-17(5-3-16)31-11-8-22(27)32-15-21(26)24-20-14-18(6-7-19(20)23)33(28,29)25-9-12-30-13-10-25/h2-7,14H,8-13,15H2,1H3,(H,24,26). The van der Waals surface area contributed by atoms with Gasteiger partial charge in [0.25, 0.3) is 5.91 Å². The highest BCUT2D eigenvalue weighted by atomic mass is 35.5. The number of rotatable bonds is 9. The summed E-state index contributed by atoms with van der Waals surface area (Å²) in [4.78, 5) is 24.1. The zero-order valence-electron chi connectivity index (χ0n) is 18.1. The monoisotopic (exact) mass is 496 g/mol. The SMILES string of the molecule is Cc1ccc(OCCC(=O)OCC(=O)Nc2cc(S(=O)(=O)N3CCOCC3)ccc2Cl)cc1. The van der Waals surface area contributed by atoms with Gasteiger partial charge in [-0.2, -0.15) is 4.31 Å². The maximum absolute atomic E-state index is 12.8. The Balaban J connectivity index is 1.49. The van der Waals surface area contributed by atoms with E-state index < -0.39 is 28.5 Å². The van der Waals surface area contributed by atoms with Gasteiger partial charge in [-0.3, -0.25) is 9.59 Å². The van der Waals surface area contributed by atoms with Crippen LogP contribution >= 0.6 is 11.6 Å². The number of sulfonamides is 1. The van der Waals surface area contributed by atoms with E-state index in [-0.39, 0.29) is 41.7 Å². The third kappa shape index (κ3) is 7.16. The van der Waals surface area contributed by atoms with Crippen LogP contribution in [0.15, 0.2) is 47.4 Å². The first kappa shape index (κ1) is 25.0. The van der Waals surface area contributed by atoms with Gasteiger partial charge in [0.1, 0.15) is 5.75 Å². The van der Waals surface area contributed by atoms with Crippen molar-refractivity contribution in [2.24, 2.45) is 0 Å². The van der Waals surface area contributed by atoms with E-state index in [4.69, 9.17) is 25.8 Å². The Labute approximate surface area is 197 Å². The largest absolute Gasteiger partial charge is 0.493 e. The van der Waals surface area contributed by atoms with Crippen LogP contribution in [-0.2, 0) is 29.1 Å². The van der Waals surface area contributed by atoms with Crippen molar-refractivity contribution < 1.29 is 32.2 Å².